The van der Waals surface area contributed by atoms with Crippen molar-refractivity contribution in [2.24, 2.45) is 7.05 Å². The summed E-state index contributed by atoms with van der Waals surface area (Å²) in [6.45, 7) is 4.12. The third kappa shape index (κ3) is 2.82. The summed E-state index contributed by atoms with van der Waals surface area (Å²) in [6.07, 6.45) is 7.30. The fourth-order valence-electron chi connectivity index (χ4n) is 2.58. The quantitative estimate of drug-likeness (QED) is 0.827. The molecule has 2 aromatic rings. The van der Waals surface area contributed by atoms with Crippen LogP contribution in [-0.2, 0) is 23.1 Å². The van der Waals surface area contributed by atoms with Gasteiger partial charge in [0.15, 0.2) is 11.6 Å². The highest BCUT2D eigenvalue weighted by atomic mass is 16.5. The third-order valence-corrected chi connectivity index (χ3v) is 3.72. The number of rotatable bonds is 3. The second-order valence-corrected chi connectivity index (χ2v) is 5.22. The summed E-state index contributed by atoms with van der Waals surface area (Å²) in [4.78, 5) is 22.0. The molecule has 0 radical (unpaired) electrons. The Morgan fingerprint density at radius 2 is 2.10 bits per heavy atom. The second-order valence-electron chi connectivity index (χ2n) is 5.22. The fourth-order valence-corrected chi connectivity index (χ4v) is 2.58. The number of hydrogen-bond acceptors (Lipinski definition) is 4. The largest absolute Gasteiger partial charge is 0.373 e. The van der Waals surface area contributed by atoms with Gasteiger partial charge in [-0.05, 0) is 0 Å². The number of aryl methyl sites for hydroxylation is 1. The van der Waals surface area contributed by atoms with Gasteiger partial charge in [-0.3, -0.25) is 4.79 Å². The summed E-state index contributed by atoms with van der Waals surface area (Å²) in [5.74, 6) is 1.73. The molecule has 3 rings (SSSR count). The number of morpholine rings is 1. The molecule has 0 N–H and O–H groups in total. The van der Waals surface area contributed by atoms with Crippen LogP contribution in [0.3, 0.4) is 0 Å². The minimum atomic E-state index is -0.0177. The first-order valence-corrected chi connectivity index (χ1v) is 7.01. The van der Waals surface area contributed by atoms with Crippen molar-refractivity contribution >= 4 is 5.91 Å². The number of carbonyl (C=O) groups excluding carboxylic acids is 1. The van der Waals surface area contributed by atoms with E-state index in [9.17, 15) is 4.79 Å². The molecule has 21 heavy (non-hydrogen) atoms. The second kappa shape index (κ2) is 5.69. The molecule has 112 valence electrons. The molecule has 1 fully saturated rings. The Hall–Kier alpha value is -2.15. The molecule has 1 saturated heterocycles. The van der Waals surface area contributed by atoms with Gasteiger partial charge >= 0.3 is 0 Å². The van der Waals surface area contributed by atoms with E-state index in [0.717, 1.165) is 11.6 Å². The molecule has 1 atom stereocenters. The van der Waals surface area contributed by atoms with Gasteiger partial charge in [0.1, 0.15) is 0 Å². The van der Waals surface area contributed by atoms with E-state index in [1.807, 2.05) is 33.5 Å². The zero-order chi connectivity index (χ0) is 14.8. The third-order valence-electron chi connectivity index (χ3n) is 3.72. The highest BCUT2D eigenvalue weighted by Crippen LogP contribution is 2.16. The first kappa shape index (κ1) is 13.8. The van der Waals surface area contributed by atoms with Gasteiger partial charge in [0.2, 0.25) is 5.91 Å². The lowest BCUT2D eigenvalue weighted by Gasteiger charge is -2.32. The molecule has 0 bridgehead atoms. The maximum absolute atomic E-state index is 11.5. The van der Waals surface area contributed by atoms with Gasteiger partial charge in [0.05, 0.1) is 19.3 Å². The summed E-state index contributed by atoms with van der Waals surface area (Å²) >= 11 is 0. The molecule has 0 aromatic carbocycles. The lowest BCUT2D eigenvalue weighted by atomic mass is 10.2. The molecule has 1 aliphatic heterocycles. The van der Waals surface area contributed by atoms with Gasteiger partial charge in [-0.25, -0.2) is 9.97 Å². The Bertz CT molecular complexity index is 633. The van der Waals surface area contributed by atoms with Crippen molar-refractivity contribution in [1.29, 1.82) is 0 Å². The molecule has 7 heteroatoms. The summed E-state index contributed by atoms with van der Waals surface area (Å²) in [6, 6.07) is 0. The maximum atomic E-state index is 11.5. The zero-order valence-corrected chi connectivity index (χ0v) is 12.3. The van der Waals surface area contributed by atoms with Gasteiger partial charge in [-0.15, -0.1) is 0 Å². The molecular formula is C14H19N5O2. The number of hydrogen-bond donors (Lipinski definition) is 0. The number of nitrogens with zero attached hydrogens (tertiary/aromatic N) is 5. The van der Waals surface area contributed by atoms with Crippen LogP contribution in [-0.4, -0.2) is 55.7 Å². The summed E-state index contributed by atoms with van der Waals surface area (Å²) in [5, 5.41) is 0. The molecular weight excluding hydrogens is 270 g/mol. The zero-order valence-electron chi connectivity index (χ0n) is 12.3. The van der Waals surface area contributed by atoms with Crippen LogP contribution in [0.4, 0.5) is 0 Å². The van der Waals surface area contributed by atoms with Crippen LogP contribution in [0.2, 0.25) is 0 Å². The van der Waals surface area contributed by atoms with E-state index in [-0.39, 0.29) is 12.0 Å². The van der Waals surface area contributed by atoms with Gasteiger partial charge in [-0.2, -0.15) is 0 Å². The fraction of sp³-hybridized carbons (Fsp3) is 0.500. The van der Waals surface area contributed by atoms with Gasteiger partial charge in [0, 0.05) is 51.8 Å². The van der Waals surface area contributed by atoms with Gasteiger partial charge < -0.3 is 18.8 Å². The Morgan fingerprint density at radius 1 is 1.33 bits per heavy atom. The molecule has 0 saturated carbocycles. The summed E-state index contributed by atoms with van der Waals surface area (Å²) in [7, 11) is 1.94. The van der Waals surface area contributed by atoms with Crippen LogP contribution in [0.15, 0.2) is 24.8 Å². The predicted molar refractivity (Wildman–Crippen MR) is 76.4 cm³/mol. The van der Waals surface area contributed by atoms with E-state index in [1.54, 1.807) is 19.3 Å². The Kier molecular flexibility index (Phi) is 3.74. The van der Waals surface area contributed by atoms with Crippen molar-refractivity contribution in [3.8, 4) is 11.6 Å². The van der Waals surface area contributed by atoms with Gasteiger partial charge in [-0.1, -0.05) is 0 Å². The average molecular weight is 289 g/mol. The van der Waals surface area contributed by atoms with E-state index < -0.39 is 0 Å². The standard InChI is InChI=1S/C14H19N5O2/c1-11(20)18-7-8-21-12(9-18)10-19-6-4-16-14(19)13-15-3-5-17(13)2/h3-6,12H,7-10H2,1-2H3/t12-/m0/s1. The Balaban J connectivity index is 1.76. The van der Waals surface area contributed by atoms with Crippen LogP contribution in [0.25, 0.3) is 11.6 Å². The number of amides is 1. The van der Waals surface area contributed by atoms with Crippen LogP contribution in [0.1, 0.15) is 6.92 Å². The van der Waals surface area contributed by atoms with Crippen molar-refractivity contribution in [1.82, 2.24) is 24.0 Å². The van der Waals surface area contributed by atoms with Crippen molar-refractivity contribution < 1.29 is 9.53 Å². The van der Waals surface area contributed by atoms with E-state index in [0.29, 0.717) is 26.2 Å². The summed E-state index contributed by atoms with van der Waals surface area (Å²) in [5.41, 5.74) is 0. The number of carbonyl (C=O) groups is 1. The van der Waals surface area contributed by atoms with E-state index >= 15 is 0 Å². The average Bonchev–Trinajstić information content (AvgIpc) is 3.07. The molecule has 0 aliphatic carbocycles. The maximum Gasteiger partial charge on any atom is 0.219 e. The molecule has 7 nitrogen and oxygen atoms in total. The summed E-state index contributed by atoms with van der Waals surface area (Å²) < 4.78 is 9.72. The Labute approximate surface area is 123 Å². The predicted octanol–water partition coefficient (Wildman–Crippen LogP) is 0.531. The lowest BCUT2D eigenvalue weighted by molar-refractivity contribution is -0.136. The number of aromatic nitrogens is 4. The Morgan fingerprint density at radius 3 is 2.81 bits per heavy atom. The van der Waals surface area contributed by atoms with Gasteiger partial charge in [0.25, 0.3) is 0 Å². The van der Waals surface area contributed by atoms with E-state index in [2.05, 4.69) is 9.97 Å². The molecule has 1 amide bonds. The normalized spacial score (nSPS) is 19.0. The van der Waals surface area contributed by atoms with Crippen LogP contribution < -0.4 is 0 Å². The van der Waals surface area contributed by atoms with Crippen molar-refractivity contribution in [3.63, 3.8) is 0 Å². The highest BCUT2D eigenvalue weighted by molar-refractivity contribution is 5.73. The number of ether oxygens (including phenoxy) is 1. The smallest absolute Gasteiger partial charge is 0.219 e. The van der Waals surface area contributed by atoms with E-state index in [1.165, 1.54) is 0 Å². The molecule has 3 heterocycles. The monoisotopic (exact) mass is 289 g/mol. The molecule has 2 aromatic heterocycles. The molecule has 0 spiro atoms. The van der Waals surface area contributed by atoms with Crippen LogP contribution >= 0.6 is 0 Å². The van der Waals surface area contributed by atoms with Crippen molar-refractivity contribution in [2.45, 2.75) is 19.6 Å². The van der Waals surface area contributed by atoms with E-state index in [4.69, 9.17) is 4.74 Å². The lowest BCUT2D eigenvalue weighted by Crippen LogP contribution is -2.46. The first-order valence-electron chi connectivity index (χ1n) is 7.01. The number of imidazole rings is 2. The van der Waals surface area contributed by atoms with Crippen molar-refractivity contribution in [2.75, 3.05) is 19.7 Å². The first-order chi connectivity index (χ1) is 10.1. The topological polar surface area (TPSA) is 65.2 Å². The van der Waals surface area contributed by atoms with Crippen LogP contribution in [0, 0.1) is 0 Å². The molecule has 0 unspecified atom stereocenters. The highest BCUT2D eigenvalue weighted by Gasteiger charge is 2.23. The van der Waals surface area contributed by atoms with Crippen molar-refractivity contribution in [3.05, 3.63) is 24.8 Å². The van der Waals surface area contributed by atoms with Crippen LogP contribution in [0.5, 0.6) is 0 Å². The minimum Gasteiger partial charge on any atom is -0.373 e. The SMILES string of the molecule is CC(=O)N1CCO[C@H](Cn2ccnc2-c2nccn2C)C1. The molecule has 1 aliphatic rings. The minimum absolute atomic E-state index is 0.0177.